The molecule has 0 aliphatic carbocycles. The number of anilines is 3. The summed E-state index contributed by atoms with van der Waals surface area (Å²) in [5, 5.41) is 2.92. The van der Waals surface area contributed by atoms with Gasteiger partial charge in [-0.1, -0.05) is 6.07 Å². The Bertz CT molecular complexity index is 914. The van der Waals surface area contributed by atoms with E-state index in [9.17, 15) is 4.79 Å². The molecule has 0 saturated carbocycles. The SMILES string of the molecule is COc1cc(N2CCN(CCCCOc3ccc4c(c3)NC(=O)CC4)CC2)nc(N)n1. The molecule has 1 amide bonds. The first-order chi connectivity index (χ1) is 15.1. The Balaban J connectivity index is 1.15. The van der Waals surface area contributed by atoms with Gasteiger partial charge in [0.05, 0.1) is 13.7 Å². The van der Waals surface area contributed by atoms with Crippen LogP contribution in [0, 0.1) is 0 Å². The molecule has 4 rings (SSSR count). The van der Waals surface area contributed by atoms with Gasteiger partial charge in [0.25, 0.3) is 0 Å². The van der Waals surface area contributed by atoms with E-state index in [-0.39, 0.29) is 11.9 Å². The van der Waals surface area contributed by atoms with Gasteiger partial charge in [0.1, 0.15) is 11.6 Å². The van der Waals surface area contributed by atoms with Crippen molar-refractivity contribution in [3.05, 3.63) is 29.8 Å². The minimum atomic E-state index is 0.0760. The molecule has 9 nitrogen and oxygen atoms in total. The highest BCUT2D eigenvalue weighted by molar-refractivity contribution is 5.94. The number of nitrogen functional groups attached to an aromatic ring is 1. The van der Waals surface area contributed by atoms with Gasteiger partial charge in [-0.05, 0) is 37.4 Å². The highest BCUT2D eigenvalue weighted by atomic mass is 16.5. The molecule has 0 atom stereocenters. The molecule has 166 valence electrons. The highest BCUT2D eigenvalue weighted by Crippen LogP contribution is 2.27. The number of amides is 1. The number of piperazine rings is 1. The maximum atomic E-state index is 11.6. The van der Waals surface area contributed by atoms with Crippen molar-refractivity contribution < 1.29 is 14.3 Å². The zero-order valence-corrected chi connectivity index (χ0v) is 18.0. The van der Waals surface area contributed by atoms with E-state index < -0.39 is 0 Å². The van der Waals surface area contributed by atoms with Crippen molar-refractivity contribution in [2.24, 2.45) is 0 Å². The number of carbonyl (C=O) groups excluding carboxylic acids is 1. The van der Waals surface area contributed by atoms with E-state index in [1.807, 2.05) is 24.3 Å². The van der Waals surface area contributed by atoms with Crippen LogP contribution in [-0.4, -0.2) is 67.2 Å². The summed E-state index contributed by atoms with van der Waals surface area (Å²) in [4.78, 5) is 24.6. The van der Waals surface area contributed by atoms with Crippen LogP contribution in [0.15, 0.2) is 24.3 Å². The summed E-state index contributed by atoms with van der Waals surface area (Å²) in [6.07, 6.45) is 3.43. The maximum Gasteiger partial charge on any atom is 0.225 e. The normalized spacial score (nSPS) is 16.5. The van der Waals surface area contributed by atoms with Crippen LogP contribution in [0.5, 0.6) is 11.6 Å². The summed E-state index contributed by atoms with van der Waals surface area (Å²) in [6.45, 7) is 5.49. The van der Waals surface area contributed by atoms with Crippen LogP contribution in [0.2, 0.25) is 0 Å². The Morgan fingerprint density at radius 3 is 2.74 bits per heavy atom. The average Bonchev–Trinajstić information content (AvgIpc) is 2.78. The third-order valence-electron chi connectivity index (χ3n) is 5.73. The number of fused-ring (bicyclic) bond motifs is 1. The van der Waals surface area contributed by atoms with E-state index in [1.165, 1.54) is 5.56 Å². The summed E-state index contributed by atoms with van der Waals surface area (Å²) in [5.74, 6) is 2.43. The third kappa shape index (κ3) is 5.55. The van der Waals surface area contributed by atoms with Crippen LogP contribution in [0.1, 0.15) is 24.8 Å². The van der Waals surface area contributed by atoms with E-state index in [1.54, 1.807) is 7.11 Å². The largest absolute Gasteiger partial charge is 0.494 e. The lowest BCUT2D eigenvalue weighted by molar-refractivity contribution is -0.116. The Kier molecular flexibility index (Phi) is 6.71. The third-order valence-corrected chi connectivity index (χ3v) is 5.73. The molecule has 1 aromatic carbocycles. The quantitative estimate of drug-likeness (QED) is 0.617. The van der Waals surface area contributed by atoms with Gasteiger partial charge in [-0.15, -0.1) is 0 Å². The lowest BCUT2D eigenvalue weighted by Gasteiger charge is -2.35. The first-order valence-electron chi connectivity index (χ1n) is 10.8. The molecule has 31 heavy (non-hydrogen) atoms. The summed E-state index contributed by atoms with van der Waals surface area (Å²) in [7, 11) is 1.58. The van der Waals surface area contributed by atoms with Crippen molar-refractivity contribution in [1.82, 2.24) is 14.9 Å². The van der Waals surface area contributed by atoms with Crippen molar-refractivity contribution >= 4 is 23.4 Å². The summed E-state index contributed by atoms with van der Waals surface area (Å²) >= 11 is 0. The van der Waals surface area contributed by atoms with Crippen LogP contribution >= 0.6 is 0 Å². The van der Waals surface area contributed by atoms with Gasteiger partial charge in [0, 0.05) is 50.4 Å². The van der Waals surface area contributed by atoms with Crippen LogP contribution in [0.25, 0.3) is 0 Å². The Hall–Kier alpha value is -3.07. The highest BCUT2D eigenvalue weighted by Gasteiger charge is 2.19. The number of aromatic nitrogens is 2. The smallest absolute Gasteiger partial charge is 0.225 e. The number of ether oxygens (including phenoxy) is 2. The second kappa shape index (κ2) is 9.82. The zero-order valence-electron chi connectivity index (χ0n) is 18.0. The molecular weight excluding hydrogens is 396 g/mol. The topological polar surface area (TPSA) is 106 Å². The van der Waals surface area contributed by atoms with Crippen molar-refractivity contribution in [3.63, 3.8) is 0 Å². The minimum absolute atomic E-state index is 0.0760. The fraction of sp³-hybridized carbons (Fsp3) is 0.500. The Morgan fingerprint density at radius 2 is 1.94 bits per heavy atom. The molecule has 0 bridgehead atoms. The molecule has 2 aliphatic heterocycles. The van der Waals surface area contributed by atoms with E-state index in [4.69, 9.17) is 15.2 Å². The molecule has 1 saturated heterocycles. The summed E-state index contributed by atoms with van der Waals surface area (Å²) < 4.78 is 11.1. The molecule has 0 radical (unpaired) electrons. The van der Waals surface area contributed by atoms with Gasteiger partial charge < -0.3 is 25.4 Å². The molecule has 2 aliphatic rings. The van der Waals surface area contributed by atoms with Gasteiger partial charge in [-0.2, -0.15) is 9.97 Å². The monoisotopic (exact) mass is 426 g/mol. The first-order valence-corrected chi connectivity index (χ1v) is 10.8. The predicted molar refractivity (Wildman–Crippen MR) is 120 cm³/mol. The van der Waals surface area contributed by atoms with Gasteiger partial charge in [0.15, 0.2) is 0 Å². The number of rotatable bonds is 8. The first kappa shape index (κ1) is 21.2. The van der Waals surface area contributed by atoms with E-state index in [2.05, 4.69) is 25.1 Å². The van der Waals surface area contributed by atoms with Gasteiger partial charge in [0.2, 0.25) is 17.7 Å². The van der Waals surface area contributed by atoms with E-state index >= 15 is 0 Å². The van der Waals surface area contributed by atoms with Crippen LogP contribution < -0.4 is 25.4 Å². The number of benzene rings is 1. The standard InChI is InChI=1S/C22H30N6O3/c1-30-21-15-19(25-22(23)26-21)28-11-9-27(10-12-28)8-2-3-13-31-17-6-4-16-5-7-20(29)24-18(16)14-17/h4,6,14-15H,2-3,5,7-13H2,1H3,(H,24,29)(H2,23,25,26). The lowest BCUT2D eigenvalue weighted by Crippen LogP contribution is -2.47. The second-order valence-electron chi connectivity index (χ2n) is 7.88. The number of nitrogens with two attached hydrogens (primary N) is 1. The molecule has 1 fully saturated rings. The number of methoxy groups -OCH3 is 1. The van der Waals surface area contributed by atoms with Gasteiger partial charge in [-0.25, -0.2) is 0 Å². The molecule has 3 heterocycles. The molecule has 0 unspecified atom stereocenters. The molecule has 1 aromatic heterocycles. The molecule has 0 spiro atoms. The maximum absolute atomic E-state index is 11.6. The number of unbranched alkanes of at least 4 members (excludes halogenated alkanes) is 1. The van der Waals surface area contributed by atoms with Crippen LogP contribution in [0.4, 0.5) is 17.5 Å². The fourth-order valence-electron chi connectivity index (χ4n) is 3.97. The van der Waals surface area contributed by atoms with E-state index in [0.29, 0.717) is 18.9 Å². The second-order valence-corrected chi connectivity index (χ2v) is 7.88. The number of nitrogens with one attached hydrogen (secondary N) is 1. The predicted octanol–water partition coefficient (Wildman–Crippen LogP) is 1.93. The van der Waals surface area contributed by atoms with Gasteiger partial charge >= 0.3 is 0 Å². The minimum Gasteiger partial charge on any atom is -0.494 e. The van der Waals surface area contributed by atoms with Crippen molar-refractivity contribution in [2.75, 3.05) is 62.4 Å². The summed E-state index contributed by atoms with van der Waals surface area (Å²) in [6, 6.07) is 7.80. The van der Waals surface area contributed by atoms with Crippen LogP contribution in [-0.2, 0) is 11.2 Å². The molecule has 3 N–H and O–H groups in total. The fourth-order valence-corrected chi connectivity index (χ4v) is 3.97. The Labute approximate surface area is 182 Å². The average molecular weight is 427 g/mol. The number of nitrogens with zero attached hydrogens (tertiary/aromatic N) is 4. The van der Waals surface area contributed by atoms with Gasteiger partial charge in [-0.3, -0.25) is 9.69 Å². The van der Waals surface area contributed by atoms with Crippen molar-refractivity contribution in [2.45, 2.75) is 25.7 Å². The summed E-state index contributed by atoms with van der Waals surface area (Å²) in [5.41, 5.74) is 7.83. The molecule has 2 aromatic rings. The number of hydrogen-bond donors (Lipinski definition) is 2. The van der Waals surface area contributed by atoms with Crippen LogP contribution in [0.3, 0.4) is 0 Å². The van der Waals surface area contributed by atoms with E-state index in [0.717, 1.165) is 69.2 Å². The Morgan fingerprint density at radius 1 is 1.10 bits per heavy atom. The number of carbonyl (C=O) groups is 1. The number of aryl methyl sites for hydroxylation is 1. The number of hydrogen-bond acceptors (Lipinski definition) is 8. The lowest BCUT2D eigenvalue weighted by atomic mass is 10.0. The van der Waals surface area contributed by atoms with Crippen molar-refractivity contribution in [3.8, 4) is 11.6 Å². The molecule has 9 heteroatoms. The molecular formula is C22H30N6O3. The zero-order chi connectivity index (χ0) is 21.6. The van der Waals surface area contributed by atoms with Crippen molar-refractivity contribution in [1.29, 1.82) is 0 Å².